The van der Waals surface area contributed by atoms with Gasteiger partial charge in [0, 0.05) is 76.7 Å². The summed E-state index contributed by atoms with van der Waals surface area (Å²) in [6, 6.07) is 4.91. The zero-order valence-electron chi connectivity index (χ0n) is 34.9. The maximum Gasteiger partial charge on any atom is 0.317 e. The number of hydrogen-bond donors (Lipinski definition) is 11. The lowest BCUT2D eigenvalue weighted by molar-refractivity contribution is -0.290. The molecule has 0 saturated carbocycles. The van der Waals surface area contributed by atoms with Gasteiger partial charge in [-0.05, 0) is 30.7 Å². The number of anilines is 2. The first-order valence-electron chi connectivity index (χ1n) is 20.5. The van der Waals surface area contributed by atoms with Crippen molar-refractivity contribution in [1.29, 1.82) is 0 Å². The molecular formula is C39H59N9O15. The number of Topliss-reactive ketones (excluding diaryl/α,β-unsaturated/α-hetero) is 1. The lowest BCUT2D eigenvalue weighted by Crippen LogP contribution is -2.61. The van der Waals surface area contributed by atoms with Gasteiger partial charge < -0.3 is 61.4 Å². The van der Waals surface area contributed by atoms with Gasteiger partial charge in [-0.25, -0.2) is 0 Å². The minimum absolute atomic E-state index is 0.0145. The van der Waals surface area contributed by atoms with Crippen LogP contribution in [-0.4, -0.2) is 233 Å². The molecule has 0 aromatic heterocycles. The van der Waals surface area contributed by atoms with Crippen LogP contribution in [0.25, 0.3) is 0 Å². The Balaban J connectivity index is 1.29. The molecule has 3 saturated heterocycles. The summed E-state index contributed by atoms with van der Waals surface area (Å²) in [6.07, 6.45) is -8.51. The smallest absolute Gasteiger partial charge is 0.317 e. The molecule has 4 amide bonds. The normalized spacial score (nSPS) is 25.4. The summed E-state index contributed by atoms with van der Waals surface area (Å²) in [4.78, 5) is 92.5. The largest absolute Gasteiger partial charge is 0.512 e. The predicted molar refractivity (Wildman–Crippen MR) is 221 cm³/mol. The van der Waals surface area contributed by atoms with Crippen LogP contribution in [0.1, 0.15) is 12.8 Å². The highest BCUT2D eigenvalue weighted by Crippen LogP contribution is 2.24. The third-order valence-corrected chi connectivity index (χ3v) is 10.4. The minimum atomic E-state index is -1.85. The second kappa shape index (κ2) is 25.2. The number of nitrogens with one attached hydrogen (secondary N) is 5. The van der Waals surface area contributed by atoms with E-state index in [4.69, 9.17) is 9.47 Å². The number of hydrogen-bond acceptors (Lipinski definition) is 18. The number of aliphatic hydroxyl groups excluding tert-OH is 4. The number of aliphatic carboxylic acids is 2. The third-order valence-electron chi connectivity index (χ3n) is 10.4. The van der Waals surface area contributed by atoms with Crippen molar-refractivity contribution in [2.24, 2.45) is 0 Å². The molecule has 63 heavy (non-hydrogen) atoms. The average Bonchev–Trinajstić information content (AvgIpc) is 3.30. The number of ketones is 1. The molecule has 4 rings (SSSR count). The molecule has 0 spiro atoms. The number of carboxylic acids is 2. The van der Waals surface area contributed by atoms with Crippen LogP contribution in [0, 0.1) is 0 Å². The Kier molecular flexibility index (Phi) is 20.2. The van der Waals surface area contributed by atoms with Crippen LogP contribution in [0.3, 0.4) is 0 Å². The molecule has 0 bridgehead atoms. The number of carboxylic acid groups (broad SMARTS) is 2. The van der Waals surface area contributed by atoms with Crippen LogP contribution >= 0.6 is 0 Å². The number of aliphatic hydroxyl groups is 4. The summed E-state index contributed by atoms with van der Waals surface area (Å²) in [7, 11) is 0. The molecule has 1 aromatic carbocycles. The SMILES string of the molecule is C=C(O)CN1CCN(CCOC2OC(C(=O)Nc3ccc(NC(=O)CNC(=O)C4CCC(=O)NCC(=O)CN4)cc3)C(O)C(O)C2O)CCN(CC(=O)O)CCN(CC(=O)O)CC1. The molecule has 3 heterocycles. The first-order chi connectivity index (χ1) is 30.0. The molecule has 24 heteroatoms. The van der Waals surface area contributed by atoms with Gasteiger partial charge >= 0.3 is 11.9 Å². The van der Waals surface area contributed by atoms with E-state index in [1.807, 2.05) is 9.80 Å². The van der Waals surface area contributed by atoms with Crippen LogP contribution in [-0.2, 0) is 43.0 Å². The fourth-order valence-electron chi connectivity index (χ4n) is 6.95. The maximum absolute atomic E-state index is 13.3. The molecular weight excluding hydrogens is 834 g/mol. The summed E-state index contributed by atoms with van der Waals surface area (Å²) in [5.74, 6) is -4.84. The first kappa shape index (κ1) is 50.5. The van der Waals surface area contributed by atoms with E-state index in [-0.39, 0.29) is 88.4 Å². The van der Waals surface area contributed by atoms with Crippen LogP contribution in [0.5, 0.6) is 0 Å². The van der Waals surface area contributed by atoms with E-state index >= 15 is 0 Å². The maximum atomic E-state index is 13.3. The number of carbonyl (C=O) groups excluding carboxylic acids is 5. The third kappa shape index (κ3) is 17.5. The molecule has 0 radical (unpaired) electrons. The molecule has 6 atom stereocenters. The van der Waals surface area contributed by atoms with Gasteiger partial charge in [0.15, 0.2) is 18.2 Å². The van der Waals surface area contributed by atoms with Crippen molar-refractivity contribution in [2.75, 3.05) is 115 Å². The van der Waals surface area contributed by atoms with Gasteiger partial charge in [0.25, 0.3) is 5.91 Å². The van der Waals surface area contributed by atoms with Crippen molar-refractivity contribution < 1.29 is 73.7 Å². The van der Waals surface area contributed by atoms with E-state index in [0.717, 1.165) is 0 Å². The molecule has 3 fully saturated rings. The summed E-state index contributed by atoms with van der Waals surface area (Å²) in [5, 5.41) is 73.7. The van der Waals surface area contributed by atoms with E-state index in [1.165, 1.54) is 24.3 Å². The second-order valence-corrected chi connectivity index (χ2v) is 15.4. The number of rotatable bonds is 16. The molecule has 3 aliphatic rings. The van der Waals surface area contributed by atoms with E-state index in [2.05, 4.69) is 33.2 Å². The molecule has 1 aromatic rings. The fraction of sp³-hybridized carbons (Fsp3) is 0.615. The minimum Gasteiger partial charge on any atom is -0.512 e. The van der Waals surface area contributed by atoms with E-state index in [1.54, 1.807) is 9.80 Å². The number of benzene rings is 1. The van der Waals surface area contributed by atoms with Crippen molar-refractivity contribution in [3.63, 3.8) is 0 Å². The Morgan fingerprint density at radius 2 is 1.27 bits per heavy atom. The number of carbonyl (C=O) groups is 7. The molecule has 6 unspecified atom stereocenters. The number of nitrogens with zero attached hydrogens (tertiary/aromatic N) is 4. The molecule has 350 valence electrons. The second-order valence-electron chi connectivity index (χ2n) is 15.4. The lowest BCUT2D eigenvalue weighted by atomic mass is 9.98. The van der Waals surface area contributed by atoms with E-state index in [9.17, 15) is 64.2 Å². The zero-order valence-corrected chi connectivity index (χ0v) is 34.9. The van der Waals surface area contributed by atoms with Gasteiger partial charge in [-0.2, -0.15) is 0 Å². The van der Waals surface area contributed by atoms with Crippen molar-refractivity contribution in [3.05, 3.63) is 36.6 Å². The van der Waals surface area contributed by atoms with Gasteiger partial charge in [-0.3, -0.25) is 58.5 Å². The van der Waals surface area contributed by atoms with Crippen molar-refractivity contribution in [3.8, 4) is 0 Å². The van der Waals surface area contributed by atoms with Crippen molar-refractivity contribution in [1.82, 2.24) is 35.6 Å². The van der Waals surface area contributed by atoms with Gasteiger partial charge in [-0.15, -0.1) is 0 Å². The van der Waals surface area contributed by atoms with Crippen LogP contribution in [0.15, 0.2) is 36.6 Å². The first-order valence-corrected chi connectivity index (χ1v) is 20.5. The zero-order chi connectivity index (χ0) is 46.1. The van der Waals surface area contributed by atoms with Crippen molar-refractivity contribution in [2.45, 2.75) is 49.6 Å². The van der Waals surface area contributed by atoms with Gasteiger partial charge in [0.1, 0.15) is 18.3 Å². The van der Waals surface area contributed by atoms with Gasteiger partial charge in [0.05, 0.1) is 57.7 Å². The summed E-state index contributed by atoms with van der Waals surface area (Å²) >= 11 is 0. The number of amides is 4. The summed E-state index contributed by atoms with van der Waals surface area (Å²) < 4.78 is 11.5. The Labute approximate surface area is 363 Å². The monoisotopic (exact) mass is 893 g/mol. The fourth-order valence-corrected chi connectivity index (χ4v) is 6.95. The molecule has 11 N–H and O–H groups in total. The highest BCUT2D eigenvalue weighted by Gasteiger charge is 2.47. The Bertz CT molecular complexity index is 1700. The van der Waals surface area contributed by atoms with Crippen LogP contribution in [0.2, 0.25) is 0 Å². The lowest BCUT2D eigenvalue weighted by Gasteiger charge is -2.39. The predicted octanol–water partition coefficient (Wildman–Crippen LogP) is -4.60. The quantitative estimate of drug-likeness (QED) is 0.0696. The molecule has 0 aliphatic carbocycles. The molecule has 24 nitrogen and oxygen atoms in total. The highest BCUT2D eigenvalue weighted by atomic mass is 16.7. The van der Waals surface area contributed by atoms with Crippen LogP contribution in [0.4, 0.5) is 11.4 Å². The molecule has 3 aliphatic heterocycles. The summed E-state index contributed by atoms with van der Waals surface area (Å²) in [5.41, 5.74) is 0.516. The van der Waals surface area contributed by atoms with E-state index < -0.39 is 73.0 Å². The Morgan fingerprint density at radius 3 is 1.83 bits per heavy atom. The Morgan fingerprint density at radius 1 is 0.730 bits per heavy atom. The summed E-state index contributed by atoms with van der Waals surface area (Å²) in [6.45, 7) is 5.41. The van der Waals surface area contributed by atoms with Gasteiger partial charge in [-0.1, -0.05) is 6.58 Å². The van der Waals surface area contributed by atoms with E-state index in [0.29, 0.717) is 51.5 Å². The van der Waals surface area contributed by atoms with Crippen LogP contribution < -0.4 is 26.6 Å². The Hall–Kier alpha value is -5.15. The van der Waals surface area contributed by atoms with Gasteiger partial charge in [0.2, 0.25) is 17.7 Å². The topological polar surface area (TPSA) is 332 Å². The highest BCUT2D eigenvalue weighted by molar-refractivity contribution is 5.97. The van der Waals surface area contributed by atoms with Crippen molar-refractivity contribution >= 4 is 52.7 Å². The standard InChI is InChI=1S/C39H59N9O15/c1-24(49)21-46-10-8-45(9-11-47(22-31(53)54)14-15-48(13-12-46)23-32(55)56)16-17-62-39-35(59)33(57)34(58)36(63-39)38(61)44-26-4-2-25(3-5-26)43-30(52)20-42-37(60)28-6-7-29(51)41-19-27(50)18-40-28/h2-5,28,33-36,39-40,49,57-59H,1,6-23H2,(H,41,51)(H,42,60)(H,43,52)(H,44,61)(H,53,54)(H,55,56). The average molecular weight is 894 g/mol. The number of ether oxygens (including phenoxy) is 2.